The first kappa shape index (κ1) is 22.6. The van der Waals surface area contributed by atoms with Gasteiger partial charge in [0.15, 0.2) is 6.61 Å². The standard InChI is InChI=1S/C20H23ClN2O5S2/c21-17-11-12-19(29-17)30(26,27)23-16-9-7-14(8-10-16)20(25)28-13-18(24)22-15-5-3-1-2-4-6-15/h7-12,15,23H,1-6,13H2,(H,22,24). The van der Waals surface area contributed by atoms with Gasteiger partial charge in [0.05, 0.1) is 9.90 Å². The third-order valence-corrected chi connectivity index (χ3v) is 7.85. The van der Waals surface area contributed by atoms with Gasteiger partial charge in [-0.05, 0) is 49.2 Å². The van der Waals surface area contributed by atoms with Crippen molar-refractivity contribution in [2.45, 2.75) is 48.8 Å². The molecule has 0 bridgehead atoms. The normalized spacial score (nSPS) is 15.2. The van der Waals surface area contributed by atoms with Gasteiger partial charge in [0, 0.05) is 11.7 Å². The van der Waals surface area contributed by atoms with Crippen LogP contribution in [0.15, 0.2) is 40.6 Å². The molecular weight excluding hydrogens is 448 g/mol. The lowest BCUT2D eigenvalue weighted by atomic mass is 10.1. The molecule has 2 aromatic rings. The molecule has 1 aliphatic rings. The molecule has 1 heterocycles. The molecule has 2 N–H and O–H groups in total. The van der Waals surface area contributed by atoms with Gasteiger partial charge in [0.1, 0.15) is 4.21 Å². The molecule has 30 heavy (non-hydrogen) atoms. The molecule has 3 rings (SSSR count). The van der Waals surface area contributed by atoms with Crippen molar-refractivity contribution in [3.05, 3.63) is 46.3 Å². The fourth-order valence-electron chi connectivity index (χ4n) is 3.23. The lowest BCUT2D eigenvalue weighted by Crippen LogP contribution is -2.37. The molecule has 1 aromatic carbocycles. The van der Waals surface area contributed by atoms with Crippen molar-refractivity contribution < 1.29 is 22.7 Å². The smallest absolute Gasteiger partial charge is 0.338 e. The highest BCUT2D eigenvalue weighted by molar-refractivity contribution is 7.94. The lowest BCUT2D eigenvalue weighted by Gasteiger charge is -2.16. The SMILES string of the molecule is O=C(COC(=O)c1ccc(NS(=O)(=O)c2ccc(Cl)s2)cc1)NC1CCCCCC1. The van der Waals surface area contributed by atoms with Crippen molar-refractivity contribution >= 4 is 50.5 Å². The first-order valence-electron chi connectivity index (χ1n) is 9.68. The quantitative estimate of drug-likeness (QED) is 0.466. The molecule has 10 heteroatoms. The molecular formula is C20H23ClN2O5S2. The number of benzene rings is 1. The summed E-state index contributed by atoms with van der Waals surface area (Å²) in [6.45, 7) is -0.344. The number of rotatable bonds is 7. The fourth-order valence-corrected chi connectivity index (χ4v) is 5.77. The summed E-state index contributed by atoms with van der Waals surface area (Å²) in [5.41, 5.74) is 0.515. The number of carbonyl (C=O) groups excluding carboxylic acids is 2. The number of hydrogen-bond donors (Lipinski definition) is 2. The minimum absolute atomic E-state index is 0.0932. The molecule has 0 radical (unpaired) electrons. The van der Waals surface area contributed by atoms with E-state index in [1.54, 1.807) is 0 Å². The van der Waals surface area contributed by atoms with Crippen LogP contribution >= 0.6 is 22.9 Å². The predicted molar refractivity (Wildman–Crippen MR) is 116 cm³/mol. The fraction of sp³-hybridized carbons (Fsp3) is 0.400. The van der Waals surface area contributed by atoms with E-state index in [1.165, 1.54) is 49.2 Å². The van der Waals surface area contributed by atoms with Crippen LogP contribution in [0.3, 0.4) is 0 Å². The van der Waals surface area contributed by atoms with Crippen LogP contribution in [0.2, 0.25) is 4.34 Å². The topological polar surface area (TPSA) is 102 Å². The minimum atomic E-state index is -3.75. The molecule has 0 saturated heterocycles. The van der Waals surface area contributed by atoms with Gasteiger partial charge in [0.2, 0.25) is 0 Å². The Morgan fingerprint density at radius 2 is 1.70 bits per heavy atom. The Balaban J connectivity index is 1.50. The van der Waals surface area contributed by atoms with Crippen LogP contribution < -0.4 is 10.0 Å². The summed E-state index contributed by atoms with van der Waals surface area (Å²) in [7, 11) is -3.75. The maximum atomic E-state index is 12.3. The Labute approximate surface area is 184 Å². The molecule has 1 aromatic heterocycles. The predicted octanol–water partition coefficient (Wildman–Crippen LogP) is 4.20. The molecule has 162 valence electrons. The summed E-state index contributed by atoms with van der Waals surface area (Å²) in [5.74, 6) is -0.959. The van der Waals surface area contributed by atoms with Gasteiger partial charge >= 0.3 is 5.97 Å². The number of esters is 1. The zero-order valence-electron chi connectivity index (χ0n) is 16.2. The molecule has 0 spiro atoms. The van der Waals surface area contributed by atoms with Gasteiger partial charge in [-0.3, -0.25) is 9.52 Å². The second-order valence-corrected chi connectivity index (χ2v) is 10.7. The Morgan fingerprint density at radius 3 is 2.30 bits per heavy atom. The number of sulfonamides is 1. The largest absolute Gasteiger partial charge is 0.452 e. The third-order valence-electron chi connectivity index (χ3n) is 4.74. The monoisotopic (exact) mass is 470 g/mol. The maximum absolute atomic E-state index is 12.3. The number of carbonyl (C=O) groups is 2. The van der Waals surface area contributed by atoms with Crippen molar-refractivity contribution in [2.75, 3.05) is 11.3 Å². The number of nitrogens with one attached hydrogen (secondary N) is 2. The second-order valence-electron chi connectivity index (χ2n) is 7.07. The van der Waals surface area contributed by atoms with Crippen LogP contribution in [-0.2, 0) is 19.6 Å². The van der Waals surface area contributed by atoms with E-state index in [0.717, 1.165) is 37.0 Å². The molecule has 1 fully saturated rings. The minimum Gasteiger partial charge on any atom is -0.452 e. The van der Waals surface area contributed by atoms with E-state index >= 15 is 0 Å². The molecule has 1 amide bonds. The van der Waals surface area contributed by atoms with E-state index in [0.29, 0.717) is 10.0 Å². The van der Waals surface area contributed by atoms with E-state index in [9.17, 15) is 18.0 Å². The maximum Gasteiger partial charge on any atom is 0.338 e. The van der Waals surface area contributed by atoms with E-state index in [1.807, 2.05) is 0 Å². The average molecular weight is 471 g/mol. The van der Waals surface area contributed by atoms with Gasteiger partial charge in [-0.2, -0.15) is 0 Å². The van der Waals surface area contributed by atoms with Gasteiger partial charge in [-0.1, -0.05) is 37.3 Å². The van der Waals surface area contributed by atoms with E-state index < -0.39 is 16.0 Å². The van der Waals surface area contributed by atoms with Crippen LogP contribution in [0.25, 0.3) is 0 Å². The number of anilines is 1. The van der Waals surface area contributed by atoms with Gasteiger partial charge in [-0.25, -0.2) is 13.2 Å². The number of thiophene rings is 1. The first-order valence-corrected chi connectivity index (χ1v) is 12.4. The second kappa shape index (κ2) is 10.3. The zero-order chi connectivity index (χ0) is 21.6. The van der Waals surface area contributed by atoms with Gasteiger partial charge < -0.3 is 10.1 Å². The molecule has 1 saturated carbocycles. The third kappa shape index (κ3) is 6.45. The van der Waals surface area contributed by atoms with Crippen molar-refractivity contribution in [3.63, 3.8) is 0 Å². The van der Waals surface area contributed by atoms with Crippen LogP contribution in [0.4, 0.5) is 5.69 Å². The zero-order valence-corrected chi connectivity index (χ0v) is 18.6. The molecule has 0 atom stereocenters. The molecule has 0 aliphatic heterocycles. The Bertz CT molecular complexity index is 981. The van der Waals surface area contributed by atoms with Crippen LogP contribution in [0.1, 0.15) is 48.9 Å². The Hall–Kier alpha value is -2.10. The molecule has 1 aliphatic carbocycles. The summed E-state index contributed by atoms with van der Waals surface area (Å²) < 4.78 is 32.6. The van der Waals surface area contributed by atoms with Crippen molar-refractivity contribution in [3.8, 4) is 0 Å². The van der Waals surface area contributed by atoms with E-state index in [-0.39, 0.29) is 28.3 Å². The van der Waals surface area contributed by atoms with E-state index in [2.05, 4.69) is 10.0 Å². The van der Waals surface area contributed by atoms with Crippen molar-refractivity contribution in [1.82, 2.24) is 5.32 Å². The van der Waals surface area contributed by atoms with Gasteiger partial charge in [0.25, 0.3) is 15.9 Å². The Kier molecular flexibility index (Phi) is 7.74. The number of ether oxygens (including phenoxy) is 1. The van der Waals surface area contributed by atoms with Crippen LogP contribution in [0.5, 0.6) is 0 Å². The lowest BCUT2D eigenvalue weighted by molar-refractivity contribution is -0.125. The number of amides is 1. The molecule has 7 nitrogen and oxygen atoms in total. The van der Waals surface area contributed by atoms with Crippen LogP contribution in [0, 0.1) is 0 Å². The van der Waals surface area contributed by atoms with Crippen molar-refractivity contribution in [2.24, 2.45) is 0 Å². The van der Waals surface area contributed by atoms with Crippen molar-refractivity contribution in [1.29, 1.82) is 0 Å². The Morgan fingerprint density at radius 1 is 1.03 bits per heavy atom. The highest BCUT2D eigenvalue weighted by atomic mass is 35.5. The summed E-state index contributed by atoms with van der Waals surface area (Å²) >= 11 is 6.73. The highest BCUT2D eigenvalue weighted by Gasteiger charge is 2.18. The van der Waals surface area contributed by atoms with Gasteiger partial charge in [-0.15, -0.1) is 11.3 Å². The summed E-state index contributed by atoms with van der Waals surface area (Å²) in [4.78, 5) is 24.2. The van der Waals surface area contributed by atoms with E-state index in [4.69, 9.17) is 16.3 Å². The summed E-state index contributed by atoms with van der Waals surface area (Å²) in [5, 5.41) is 2.92. The highest BCUT2D eigenvalue weighted by Crippen LogP contribution is 2.27. The first-order chi connectivity index (χ1) is 14.3. The summed E-state index contributed by atoms with van der Waals surface area (Å²) in [6, 6.07) is 8.84. The average Bonchev–Trinajstić information content (AvgIpc) is 3.00. The molecule has 0 unspecified atom stereocenters. The number of halogens is 1. The summed E-state index contributed by atoms with van der Waals surface area (Å²) in [6.07, 6.45) is 6.48. The van der Waals surface area contributed by atoms with Crippen LogP contribution in [-0.4, -0.2) is 32.9 Å². The number of hydrogen-bond acceptors (Lipinski definition) is 6.